The molecule has 0 spiro atoms. The first-order valence-electron chi connectivity index (χ1n) is 5.53. The molecule has 0 atom stereocenters. The third-order valence-corrected chi connectivity index (χ3v) is 6.33. The molecule has 5 heteroatoms. The number of rotatable bonds is 9. The van der Waals surface area contributed by atoms with Gasteiger partial charge in [0.25, 0.3) is 0 Å². The Kier molecular flexibility index (Phi) is 8.15. The maximum absolute atomic E-state index is 10.8. The fourth-order valence-corrected chi connectivity index (χ4v) is 3.78. The molecule has 0 heterocycles. The topological polar surface area (TPSA) is 44.8 Å². The third-order valence-electron chi connectivity index (χ3n) is 2.65. The Hall–Kier alpha value is -0.653. The average Bonchev–Trinajstić information content (AvgIpc) is 2.34. The molecule has 0 saturated heterocycles. The molecule has 0 rings (SSSR count). The summed E-state index contributed by atoms with van der Waals surface area (Å²) in [6.45, 7) is 5.85. The first-order chi connectivity index (χ1) is 7.64. The SMILES string of the molecule is C=CC(=O)OCCCC[Si](CC)(OC)OC. The van der Waals surface area contributed by atoms with Crippen LogP contribution in [0.5, 0.6) is 0 Å². The van der Waals surface area contributed by atoms with Crippen LogP contribution in [0.15, 0.2) is 12.7 Å². The van der Waals surface area contributed by atoms with Gasteiger partial charge in [0.1, 0.15) is 0 Å². The lowest BCUT2D eigenvalue weighted by atomic mass is 10.4. The predicted octanol–water partition coefficient (Wildman–Crippen LogP) is 2.25. The van der Waals surface area contributed by atoms with Crippen molar-refractivity contribution >= 4 is 14.5 Å². The Bertz CT molecular complexity index is 206. The van der Waals surface area contributed by atoms with E-state index >= 15 is 0 Å². The van der Waals surface area contributed by atoms with Gasteiger partial charge in [-0.2, -0.15) is 0 Å². The van der Waals surface area contributed by atoms with E-state index in [4.69, 9.17) is 13.6 Å². The highest BCUT2D eigenvalue weighted by molar-refractivity contribution is 6.67. The fourth-order valence-electron chi connectivity index (χ4n) is 1.48. The van der Waals surface area contributed by atoms with Crippen molar-refractivity contribution in [1.82, 2.24) is 0 Å². The smallest absolute Gasteiger partial charge is 0.337 e. The van der Waals surface area contributed by atoms with Crippen LogP contribution >= 0.6 is 0 Å². The molecule has 4 nitrogen and oxygen atoms in total. The van der Waals surface area contributed by atoms with Crippen molar-refractivity contribution in [2.75, 3.05) is 20.8 Å². The van der Waals surface area contributed by atoms with Gasteiger partial charge in [-0.15, -0.1) is 0 Å². The maximum Gasteiger partial charge on any atom is 0.337 e. The van der Waals surface area contributed by atoms with E-state index in [2.05, 4.69) is 13.5 Å². The average molecular weight is 246 g/mol. The Balaban J connectivity index is 3.71. The Morgan fingerprint density at radius 2 is 1.94 bits per heavy atom. The molecule has 0 aliphatic heterocycles. The van der Waals surface area contributed by atoms with Crippen LogP contribution in [0.2, 0.25) is 12.1 Å². The summed E-state index contributed by atoms with van der Waals surface area (Å²) in [4.78, 5) is 10.8. The van der Waals surface area contributed by atoms with Crippen LogP contribution in [0.3, 0.4) is 0 Å². The van der Waals surface area contributed by atoms with E-state index in [1.807, 2.05) is 0 Å². The number of ether oxygens (including phenoxy) is 1. The molecule has 0 aliphatic carbocycles. The molecule has 0 saturated carbocycles. The molecule has 0 aromatic heterocycles. The minimum absolute atomic E-state index is 0.363. The highest BCUT2D eigenvalue weighted by Gasteiger charge is 2.32. The van der Waals surface area contributed by atoms with Crippen molar-refractivity contribution < 1.29 is 18.4 Å². The molecular weight excluding hydrogens is 224 g/mol. The number of unbranched alkanes of at least 4 members (excludes halogenated alkanes) is 1. The quantitative estimate of drug-likeness (QED) is 0.271. The summed E-state index contributed by atoms with van der Waals surface area (Å²) in [6.07, 6.45) is 2.96. The monoisotopic (exact) mass is 246 g/mol. The number of hydrogen-bond acceptors (Lipinski definition) is 4. The minimum atomic E-state index is -1.96. The maximum atomic E-state index is 10.8. The van der Waals surface area contributed by atoms with Gasteiger partial charge in [-0.25, -0.2) is 4.79 Å². The zero-order valence-corrected chi connectivity index (χ0v) is 11.5. The van der Waals surface area contributed by atoms with Crippen LogP contribution in [0.25, 0.3) is 0 Å². The van der Waals surface area contributed by atoms with Crippen LogP contribution in [-0.4, -0.2) is 35.4 Å². The highest BCUT2D eigenvalue weighted by Crippen LogP contribution is 2.19. The number of hydrogen-bond donors (Lipinski definition) is 0. The van der Waals surface area contributed by atoms with Gasteiger partial charge in [0.05, 0.1) is 6.61 Å². The molecule has 0 amide bonds. The molecule has 0 fully saturated rings. The second-order valence-electron chi connectivity index (χ2n) is 3.50. The van der Waals surface area contributed by atoms with Crippen molar-refractivity contribution in [1.29, 1.82) is 0 Å². The lowest BCUT2D eigenvalue weighted by molar-refractivity contribution is -0.137. The standard InChI is InChI=1S/C11H22O4Si/c1-5-11(12)15-9-7-8-10-16(6-2,13-3)14-4/h5H,1,6-10H2,2-4H3. The summed E-state index contributed by atoms with van der Waals surface area (Å²) < 4.78 is 15.8. The van der Waals surface area contributed by atoms with Crippen LogP contribution in [0.1, 0.15) is 19.8 Å². The minimum Gasteiger partial charge on any atom is -0.463 e. The van der Waals surface area contributed by atoms with Gasteiger partial charge in [-0.1, -0.05) is 13.5 Å². The van der Waals surface area contributed by atoms with Gasteiger partial charge in [0.2, 0.25) is 0 Å². The van der Waals surface area contributed by atoms with Gasteiger partial charge in [0, 0.05) is 20.3 Å². The molecule has 0 bridgehead atoms. The van der Waals surface area contributed by atoms with Gasteiger partial charge >= 0.3 is 14.5 Å². The molecular formula is C11H22O4Si. The van der Waals surface area contributed by atoms with E-state index in [0.717, 1.165) is 24.9 Å². The molecule has 0 N–H and O–H groups in total. The number of carbonyl (C=O) groups is 1. The van der Waals surface area contributed by atoms with Crippen LogP contribution in [-0.2, 0) is 18.4 Å². The second kappa shape index (κ2) is 8.49. The van der Waals surface area contributed by atoms with Crippen molar-refractivity contribution in [2.24, 2.45) is 0 Å². The van der Waals surface area contributed by atoms with Gasteiger partial charge < -0.3 is 13.6 Å². The lowest BCUT2D eigenvalue weighted by Gasteiger charge is -2.25. The highest BCUT2D eigenvalue weighted by atomic mass is 28.4. The Morgan fingerprint density at radius 3 is 2.38 bits per heavy atom. The lowest BCUT2D eigenvalue weighted by Crippen LogP contribution is -2.38. The molecule has 0 radical (unpaired) electrons. The Labute approximate surface area is 98.8 Å². The molecule has 0 unspecified atom stereocenters. The molecule has 16 heavy (non-hydrogen) atoms. The predicted molar refractivity (Wildman–Crippen MR) is 65.5 cm³/mol. The molecule has 0 aliphatic rings. The Morgan fingerprint density at radius 1 is 1.31 bits per heavy atom. The van der Waals surface area contributed by atoms with Gasteiger partial charge in [0.15, 0.2) is 0 Å². The van der Waals surface area contributed by atoms with Gasteiger partial charge in [-0.05, 0) is 24.9 Å². The van der Waals surface area contributed by atoms with E-state index in [-0.39, 0.29) is 5.97 Å². The van der Waals surface area contributed by atoms with Crippen LogP contribution in [0, 0.1) is 0 Å². The van der Waals surface area contributed by atoms with Crippen molar-refractivity contribution in [3.05, 3.63) is 12.7 Å². The largest absolute Gasteiger partial charge is 0.463 e. The first-order valence-corrected chi connectivity index (χ1v) is 7.76. The third kappa shape index (κ3) is 5.44. The zero-order chi connectivity index (χ0) is 12.4. The van der Waals surface area contributed by atoms with E-state index in [0.29, 0.717) is 6.61 Å². The zero-order valence-electron chi connectivity index (χ0n) is 10.5. The van der Waals surface area contributed by atoms with Crippen LogP contribution < -0.4 is 0 Å². The van der Waals surface area contributed by atoms with E-state index in [9.17, 15) is 4.79 Å². The van der Waals surface area contributed by atoms with E-state index in [1.54, 1.807) is 14.2 Å². The first kappa shape index (κ1) is 15.3. The summed E-state index contributed by atoms with van der Waals surface area (Å²) in [5.41, 5.74) is 0. The van der Waals surface area contributed by atoms with Crippen LogP contribution in [0.4, 0.5) is 0 Å². The van der Waals surface area contributed by atoms with Crippen molar-refractivity contribution in [3.8, 4) is 0 Å². The van der Waals surface area contributed by atoms with E-state index in [1.165, 1.54) is 6.08 Å². The molecule has 94 valence electrons. The number of carbonyl (C=O) groups excluding carboxylic acids is 1. The summed E-state index contributed by atoms with van der Waals surface area (Å²) in [5, 5.41) is 0. The van der Waals surface area contributed by atoms with Gasteiger partial charge in [-0.3, -0.25) is 0 Å². The summed E-state index contributed by atoms with van der Waals surface area (Å²) in [7, 11) is 1.45. The van der Waals surface area contributed by atoms with Crippen molar-refractivity contribution in [2.45, 2.75) is 31.9 Å². The normalized spacial score (nSPS) is 11.2. The molecule has 0 aromatic rings. The summed E-state index contributed by atoms with van der Waals surface area (Å²) >= 11 is 0. The van der Waals surface area contributed by atoms with E-state index < -0.39 is 8.56 Å². The molecule has 0 aromatic carbocycles. The number of esters is 1. The second-order valence-corrected chi connectivity index (χ2v) is 7.35. The van der Waals surface area contributed by atoms with Crippen molar-refractivity contribution in [3.63, 3.8) is 0 Å². The summed E-state index contributed by atoms with van der Waals surface area (Å²) in [5.74, 6) is -0.363. The summed E-state index contributed by atoms with van der Waals surface area (Å²) in [6, 6.07) is 1.87. The fraction of sp³-hybridized carbons (Fsp3) is 0.727.